The van der Waals surface area contributed by atoms with E-state index in [2.05, 4.69) is 20.7 Å². The summed E-state index contributed by atoms with van der Waals surface area (Å²) in [6.45, 7) is 8.02. The molecule has 0 aliphatic carbocycles. The van der Waals surface area contributed by atoms with Crippen LogP contribution in [0.1, 0.15) is 39.5 Å². The molecule has 4 aromatic rings. The summed E-state index contributed by atoms with van der Waals surface area (Å²) in [4.78, 5) is 59.7. The Balaban J connectivity index is 0.939. The average Bonchev–Trinajstić information content (AvgIpc) is 3.77. The van der Waals surface area contributed by atoms with Crippen molar-refractivity contribution in [3.8, 4) is 22.4 Å². The first kappa shape index (κ1) is 41.9. The summed E-state index contributed by atoms with van der Waals surface area (Å²) >= 11 is 6.58. The number of carboxylic acids is 1. The second-order valence-electron chi connectivity index (χ2n) is 15.8. The van der Waals surface area contributed by atoms with Gasteiger partial charge in [-0.1, -0.05) is 17.7 Å². The molecule has 0 spiro atoms. The summed E-state index contributed by atoms with van der Waals surface area (Å²) in [6.07, 6.45) is 4.21. The van der Waals surface area contributed by atoms with Gasteiger partial charge in [-0.05, 0) is 31.2 Å². The molecule has 2 aromatic heterocycles. The van der Waals surface area contributed by atoms with Gasteiger partial charge in [0.05, 0.1) is 61.0 Å². The van der Waals surface area contributed by atoms with Crippen LogP contribution in [0.5, 0.6) is 0 Å². The second-order valence-corrected chi connectivity index (χ2v) is 16.2. The maximum Gasteiger partial charge on any atom is 0.359 e. The van der Waals surface area contributed by atoms with E-state index >= 15 is 8.78 Å². The molecule has 18 heteroatoms. The van der Waals surface area contributed by atoms with Crippen LogP contribution in [0.4, 0.5) is 14.5 Å². The third-order valence-electron chi connectivity index (χ3n) is 11.9. The Labute approximate surface area is 345 Å². The van der Waals surface area contributed by atoms with E-state index in [4.69, 9.17) is 16.3 Å². The molecule has 7 rings (SSSR count). The molecule has 0 saturated carbocycles. The van der Waals surface area contributed by atoms with Crippen LogP contribution < -0.4 is 10.6 Å². The average molecular weight is 837 g/mol. The first-order valence-electron chi connectivity index (χ1n) is 19.8. The van der Waals surface area contributed by atoms with Crippen molar-refractivity contribution in [1.82, 2.24) is 34.4 Å². The van der Waals surface area contributed by atoms with E-state index < -0.39 is 23.5 Å². The molecule has 2 aromatic carbocycles. The molecule has 314 valence electrons. The number of piperidine rings is 1. The number of rotatable bonds is 13. The normalized spacial score (nSPS) is 19.7. The van der Waals surface area contributed by atoms with Gasteiger partial charge in [-0.25, -0.2) is 18.6 Å². The lowest BCUT2D eigenvalue weighted by atomic mass is 9.90. The van der Waals surface area contributed by atoms with Gasteiger partial charge in [0.2, 0.25) is 5.91 Å². The number of halogens is 3. The molecule has 0 bridgehead atoms. The largest absolute Gasteiger partial charge is 0.477 e. The summed E-state index contributed by atoms with van der Waals surface area (Å²) in [6, 6.07) is 7.43. The molecule has 5 heterocycles. The topological polar surface area (TPSA) is 164 Å². The van der Waals surface area contributed by atoms with Crippen LogP contribution >= 0.6 is 11.6 Å². The Morgan fingerprint density at radius 1 is 1.00 bits per heavy atom. The zero-order chi connectivity index (χ0) is 42.0. The summed E-state index contributed by atoms with van der Waals surface area (Å²) < 4.78 is 39.6. The number of carboxylic acid groups (broad SMARTS) is 1. The molecule has 3 aliphatic heterocycles. The minimum atomic E-state index is -1.09. The summed E-state index contributed by atoms with van der Waals surface area (Å²) in [5.41, 5.74) is 1.67. The number of hydrogen-bond acceptors (Lipinski definition) is 8. The number of hydrogen-bond donors (Lipinski definition) is 3. The predicted octanol–water partition coefficient (Wildman–Crippen LogP) is 3.90. The quantitative estimate of drug-likeness (QED) is 0.170. The summed E-state index contributed by atoms with van der Waals surface area (Å²) in [5.74, 6) is -3.61. The zero-order valence-electron chi connectivity index (χ0n) is 33.3. The van der Waals surface area contributed by atoms with Gasteiger partial charge in [0.1, 0.15) is 0 Å². The number of likely N-dealkylation sites (tertiary alicyclic amines) is 1. The van der Waals surface area contributed by atoms with Gasteiger partial charge < -0.3 is 39.3 Å². The van der Waals surface area contributed by atoms with Crippen molar-refractivity contribution < 1.29 is 42.3 Å². The van der Waals surface area contributed by atoms with E-state index in [1.54, 1.807) is 40.8 Å². The summed E-state index contributed by atoms with van der Waals surface area (Å²) in [5, 5.41) is 20.0. The highest BCUT2D eigenvalue weighted by Crippen LogP contribution is 2.34. The molecule has 3 fully saturated rings. The van der Waals surface area contributed by atoms with Crippen LogP contribution in [-0.4, -0.2) is 142 Å². The highest BCUT2D eigenvalue weighted by atomic mass is 35.5. The van der Waals surface area contributed by atoms with Crippen molar-refractivity contribution in [2.75, 3.05) is 84.5 Å². The monoisotopic (exact) mass is 836 g/mol. The number of aryl methyl sites for hydroxylation is 1. The first-order valence-corrected chi connectivity index (χ1v) is 20.1. The molecule has 3 N–H and O–H groups in total. The first-order chi connectivity index (χ1) is 28.3. The fourth-order valence-electron chi connectivity index (χ4n) is 8.50. The standard InChI is InChI=1S/C41H48ClF2N9O6/c1-25-32(22-52(48-25)14-17-59-3)29-6-7-31(37(44)36(29)43)34-21-46-38(49(34)2)39(56)47-28-4-5-30(33(42)18-28)41(58)51-12-10-50(11-13-51)40(57)27-8-15-53(16-9-27,24-35(54)55)23-26-19-45-20-26/h4-7,18,21-22,26-27,45H,8-17,19-20,23-24H2,1-3H3,(H-,47,54,55,56,58)/p+1/t27-,53+. The highest BCUT2D eigenvalue weighted by Gasteiger charge is 2.42. The van der Waals surface area contributed by atoms with E-state index in [1.807, 2.05) is 0 Å². The number of anilines is 1. The second kappa shape index (κ2) is 17.6. The number of benzene rings is 2. The number of ether oxygens (including phenoxy) is 1. The van der Waals surface area contributed by atoms with Crippen LogP contribution in [0.25, 0.3) is 22.4 Å². The lowest BCUT2D eigenvalue weighted by Gasteiger charge is -2.46. The number of carbonyl (C=O) groups is 4. The summed E-state index contributed by atoms with van der Waals surface area (Å²) in [7, 11) is 3.08. The smallest absolute Gasteiger partial charge is 0.359 e. The van der Waals surface area contributed by atoms with Gasteiger partial charge >= 0.3 is 5.97 Å². The Morgan fingerprint density at radius 3 is 2.32 bits per heavy atom. The Morgan fingerprint density at radius 2 is 1.68 bits per heavy atom. The predicted molar refractivity (Wildman–Crippen MR) is 215 cm³/mol. The lowest BCUT2D eigenvalue weighted by Crippen LogP contribution is -2.62. The van der Waals surface area contributed by atoms with Gasteiger partial charge in [-0.15, -0.1) is 0 Å². The van der Waals surface area contributed by atoms with Crippen LogP contribution in [0.3, 0.4) is 0 Å². The molecule has 0 unspecified atom stereocenters. The van der Waals surface area contributed by atoms with Crippen molar-refractivity contribution in [3.63, 3.8) is 0 Å². The molecular formula is C41H49ClF2N9O6+. The minimum absolute atomic E-state index is 0.0530. The number of aromatic nitrogens is 4. The van der Waals surface area contributed by atoms with Crippen molar-refractivity contribution >= 4 is 41.0 Å². The highest BCUT2D eigenvalue weighted by molar-refractivity contribution is 6.34. The molecular weight excluding hydrogens is 788 g/mol. The van der Waals surface area contributed by atoms with Crippen LogP contribution in [0.2, 0.25) is 5.02 Å². The van der Waals surface area contributed by atoms with Gasteiger partial charge in [0.25, 0.3) is 11.8 Å². The maximum atomic E-state index is 15.6. The third kappa shape index (κ3) is 8.88. The van der Waals surface area contributed by atoms with Crippen LogP contribution in [0, 0.1) is 30.4 Å². The Hall–Kier alpha value is -5.23. The fraction of sp³-hybridized carbons (Fsp3) is 0.463. The number of imidazole rings is 1. The number of nitrogens with zero attached hydrogens (tertiary/aromatic N) is 7. The fourth-order valence-corrected chi connectivity index (χ4v) is 8.76. The van der Waals surface area contributed by atoms with Crippen molar-refractivity contribution in [3.05, 3.63) is 76.5 Å². The molecule has 0 atom stereocenters. The van der Waals surface area contributed by atoms with Crippen LogP contribution in [0.15, 0.2) is 42.7 Å². The van der Waals surface area contributed by atoms with E-state index in [9.17, 15) is 24.3 Å². The molecule has 3 saturated heterocycles. The third-order valence-corrected chi connectivity index (χ3v) is 12.2. The van der Waals surface area contributed by atoms with Crippen molar-refractivity contribution in [1.29, 1.82) is 0 Å². The molecule has 3 amide bonds. The van der Waals surface area contributed by atoms with Gasteiger partial charge in [-0.3, -0.25) is 19.1 Å². The van der Waals surface area contributed by atoms with E-state index in [0.717, 1.165) is 19.6 Å². The van der Waals surface area contributed by atoms with Crippen molar-refractivity contribution in [2.45, 2.75) is 26.3 Å². The van der Waals surface area contributed by atoms with E-state index in [0.29, 0.717) is 92.6 Å². The Kier molecular flexibility index (Phi) is 12.5. The Bertz CT molecular complexity index is 2240. The molecule has 0 radical (unpaired) electrons. The van der Waals surface area contributed by atoms with Gasteiger partial charge in [0.15, 0.2) is 24.0 Å². The zero-order valence-corrected chi connectivity index (χ0v) is 34.1. The molecule has 15 nitrogen and oxygen atoms in total. The lowest BCUT2D eigenvalue weighted by molar-refractivity contribution is -0.929. The number of quaternary nitrogens is 1. The van der Waals surface area contributed by atoms with Crippen molar-refractivity contribution in [2.24, 2.45) is 18.9 Å². The number of nitrogens with one attached hydrogen (secondary N) is 2. The van der Waals surface area contributed by atoms with Crippen LogP contribution in [-0.2, 0) is 27.9 Å². The number of piperazine rings is 1. The minimum Gasteiger partial charge on any atom is -0.477 e. The van der Waals surface area contributed by atoms with E-state index in [-0.39, 0.29) is 57.5 Å². The van der Waals surface area contributed by atoms with Gasteiger partial charge in [0, 0.05) is 107 Å². The SMILES string of the molecule is COCCn1cc(-c2ccc(-c3cnc(C(=O)Nc4ccc(C(=O)N5CCN(C(=O)[C@H]6CC[N@+](CC(=O)O)(CC7CNC7)CC6)CC5)c(Cl)c4)n3C)c(F)c2F)c(C)n1. The molecule has 3 aliphatic rings. The van der Waals surface area contributed by atoms with E-state index in [1.165, 1.54) is 42.1 Å². The maximum absolute atomic E-state index is 15.6. The number of amides is 3. The molecule has 59 heavy (non-hydrogen) atoms. The number of carbonyl (C=O) groups excluding carboxylic acids is 3. The van der Waals surface area contributed by atoms with Gasteiger partial charge in [-0.2, -0.15) is 5.10 Å². The number of aliphatic carboxylic acids is 1. The number of methoxy groups -OCH3 is 1.